The predicted octanol–water partition coefficient (Wildman–Crippen LogP) is 3.46. The fourth-order valence-corrected chi connectivity index (χ4v) is 2.06. The lowest BCUT2D eigenvalue weighted by Crippen LogP contribution is -2.33. The molecule has 0 saturated carbocycles. The first kappa shape index (κ1) is 17.6. The summed E-state index contributed by atoms with van der Waals surface area (Å²) in [6.45, 7) is 5.03. The van der Waals surface area contributed by atoms with E-state index >= 15 is 0 Å². The Labute approximate surface area is 131 Å². The van der Waals surface area contributed by atoms with Crippen molar-refractivity contribution in [3.8, 4) is 0 Å². The van der Waals surface area contributed by atoms with Crippen molar-refractivity contribution in [2.75, 3.05) is 13.2 Å². The van der Waals surface area contributed by atoms with Gasteiger partial charge in [-0.3, -0.25) is 9.59 Å². The van der Waals surface area contributed by atoms with Crippen LogP contribution in [0.4, 0.5) is 13.2 Å². The Kier molecular flexibility index (Phi) is 4.91. The van der Waals surface area contributed by atoms with Gasteiger partial charge in [0.1, 0.15) is 0 Å². The number of Topliss-reactive ketones (excluding diaryl/α,β-unsaturated/α-hetero) is 2. The van der Waals surface area contributed by atoms with Crippen LogP contribution in [-0.2, 0) is 14.3 Å². The number of carbonyl (C=O) groups is 2. The molecule has 4 nitrogen and oxygen atoms in total. The molecule has 1 saturated heterocycles. The van der Waals surface area contributed by atoms with Gasteiger partial charge in [-0.15, -0.1) is 0 Å². The number of alkyl halides is 3. The summed E-state index contributed by atoms with van der Waals surface area (Å²) in [6.07, 6.45) is -6.75. The van der Waals surface area contributed by atoms with Crippen LogP contribution in [0.2, 0.25) is 0 Å². The zero-order valence-electron chi connectivity index (χ0n) is 12.8. The van der Waals surface area contributed by atoms with Crippen LogP contribution < -0.4 is 0 Å². The molecule has 1 aliphatic heterocycles. The summed E-state index contributed by atoms with van der Waals surface area (Å²) in [5.41, 5.74) is 0.631. The van der Waals surface area contributed by atoms with E-state index in [9.17, 15) is 22.8 Å². The van der Waals surface area contributed by atoms with Gasteiger partial charge in [-0.05, 0) is 0 Å². The van der Waals surface area contributed by atoms with Crippen LogP contribution in [-0.4, -0.2) is 31.0 Å². The molecule has 1 aromatic rings. The Morgan fingerprint density at radius 2 is 1.65 bits per heavy atom. The molecule has 0 atom stereocenters. The molecular weight excluding hydrogens is 313 g/mol. The zero-order chi connectivity index (χ0) is 17.3. The van der Waals surface area contributed by atoms with Crippen molar-refractivity contribution >= 4 is 11.6 Å². The molecule has 0 aliphatic carbocycles. The molecule has 0 unspecified atom stereocenters. The third-order valence-corrected chi connectivity index (χ3v) is 3.39. The first-order valence-electron chi connectivity index (χ1n) is 7.05. The molecule has 0 aromatic heterocycles. The van der Waals surface area contributed by atoms with E-state index in [-0.39, 0.29) is 11.0 Å². The highest BCUT2D eigenvalue weighted by molar-refractivity contribution is 6.09. The van der Waals surface area contributed by atoms with Gasteiger partial charge in [0.2, 0.25) is 5.78 Å². The van der Waals surface area contributed by atoms with Gasteiger partial charge in [0.25, 0.3) is 0 Å². The van der Waals surface area contributed by atoms with Crippen LogP contribution in [0.15, 0.2) is 24.3 Å². The number of hydrogen-bond acceptors (Lipinski definition) is 4. The molecule has 126 valence electrons. The average Bonchev–Trinajstić information content (AvgIpc) is 2.46. The minimum atomic E-state index is -4.99. The third-order valence-electron chi connectivity index (χ3n) is 3.39. The molecule has 23 heavy (non-hydrogen) atoms. The highest BCUT2D eigenvalue weighted by atomic mass is 19.4. The fraction of sp³-hybridized carbons (Fsp3) is 0.500. The maximum Gasteiger partial charge on any atom is 0.450 e. The van der Waals surface area contributed by atoms with Crippen molar-refractivity contribution < 1.29 is 32.2 Å². The molecule has 1 fully saturated rings. The van der Waals surface area contributed by atoms with E-state index in [1.54, 1.807) is 12.1 Å². The Morgan fingerprint density at radius 1 is 1.13 bits per heavy atom. The average molecular weight is 330 g/mol. The van der Waals surface area contributed by atoms with Crippen LogP contribution in [0, 0.1) is 5.41 Å². The van der Waals surface area contributed by atoms with E-state index in [2.05, 4.69) is 0 Å². The first-order chi connectivity index (χ1) is 10.6. The lowest BCUT2D eigenvalue weighted by atomic mass is 9.95. The normalized spacial score (nSPS) is 18.7. The number of ketones is 2. The maximum absolute atomic E-state index is 12.2. The van der Waals surface area contributed by atoms with Gasteiger partial charge in [-0.25, -0.2) is 0 Å². The van der Waals surface area contributed by atoms with E-state index in [0.717, 1.165) is 0 Å². The Hall–Kier alpha value is -1.73. The fourth-order valence-electron chi connectivity index (χ4n) is 2.06. The number of halogens is 3. The molecule has 0 N–H and O–H groups in total. The first-order valence-corrected chi connectivity index (χ1v) is 7.05. The summed E-state index contributed by atoms with van der Waals surface area (Å²) in [6, 6.07) is 5.84. The number of ether oxygens (including phenoxy) is 2. The van der Waals surface area contributed by atoms with E-state index in [4.69, 9.17) is 9.47 Å². The van der Waals surface area contributed by atoms with Gasteiger partial charge in [0.15, 0.2) is 12.1 Å². The standard InChI is InChI=1S/C16H17F3O4/c1-15(2)8-22-14(23-9-15)11-5-3-10(4-6-11)12(20)7-13(21)16(17,18)19/h3-6,14H,7-9H2,1-2H3. The van der Waals surface area contributed by atoms with Crippen LogP contribution in [0.5, 0.6) is 0 Å². The van der Waals surface area contributed by atoms with Gasteiger partial charge in [0.05, 0.1) is 19.6 Å². The van der Waals surface area contributed by atoms with Gasteiger partial charge < -0.3 is 9.47 Å². The summed E-state index contributed by atoms with van der Waals surface area (Å²) in [5.74, 6) is -2.92. The minimum absolute atomic E-state index is 0.0440. The van der Waals surface area contributed by atoms with Gasteiger partial charge in [0, 0.05) is 16.5 Å². The summed E-state index contributed by atoms with van der Waals surface area (Å²) < 4.78 is 47.6. The number of benzene rings is 1. The third kappa shape index (κ3) is 4.62. The molecule has 1 heterocycles. The Bertz CT molecular complexity index is 580. The number of carbonyl (C=O) groups excluding carboxylic acids is 2. The van der Waals surface area contributed by atoms with Crippen LogP contribution >= 0.6 is 0 Å². The molecule has 0 bridgehead atoms. The lowest BCUT2D eigenvalue weighted by molar-refractivity contribution is -0.226. The summed E-state index contributed by atoms with van der Waals surface area (Å²) in [5, 5.41) is 0. The lowest BCUT2D eigenvalue weighted by Gasteiger charge is -2.34. The van der Waals surface area contributed by atoms with E-state index in [1.807, 2.05) is 13.8 Å². The molecular formula is C16H17F3O4. The minimum Gasteiger partial charge on any atom is -0.348 e. The second-order valence-corrected chi connectivity index (χ2v) is 6.26. The van der Waals surface area contributed by atoms with Crippen molar-refractivity contribution in [1.82, 2.24) is 0 Å². The van der Waals surface area contributed by atoms with Crippen molar-refractivity contribution in [3.05, 3.63) is 35.4 Å². The van der Waals surface area contributed by atoms with Gasteiger partial charge in [-0.1, -0.05) is 38.1 Å². The van der Waals surface area contributed by atoms with Crippen LogP contribution in [0.1, 0.15) is 42.5 Å². The zero-order valence-corrected chi connectivity index (χ0v) is 12.8. The monoisotopic (exact) mass is 330 g/mol. The second kappa shape index (κ2) is 6.41. The molecule has 2 rings (SSSR count). The van der Waals surface area contributed by atoms with Gasteiger partial charge in [-0.2, -0.15) is 13.2 Å². The van der Waals surface area contributed by atoms with E-state index in [1.165, 1.54) is 12.1 Å². The topological polar surface area (TPSA) is 52.6 Å². The van der Waals surface area contributed by atoms with Crippen molar-refractivity contribution in [3.63, 3.8) is 0 Å². The predicted molar refractivity (Wildman–Crippen MR) is 74.9 cm³/mol. The smallest absolute Gasteiger partial charge is 0.348 e. The maximum atomic E-state index is 12.2. The Morgan fingerprint density at radius 3 is 2.13 bits per heavy atom. The van der Waals surface area contributed by atoms with Crippen molar-refractivity contribution in [2.24, 2.45) is 5.41 Å². The van der Waals surface area contributed by atoms with Crippen LogP contribution in [0.25, 0.3) is 0 Å². The molecule has 0 spiro atoms. The van der Waals surface area contributed by atoms with E-state index < -0.39 is 30.5 Å². The summed E-state index contributed by atoms with van der Waals surface area (Å²) >= 11 is 0. The highest BCUT2D eigenvalue weighted by Crippen LogP contribution is 2.31. The van der Waals surface area contributed by atoms with Crippen molar-refractivity contribution in [2.45, 2.75) is 32.7 Å². The number of hydrogen-bond donors (Lipinski definition) is 0. The number of rotatable bonds is 4. The quantitative estimate of drug-likeness (QED) is 0.627. The molecule has 0 amide bonds. The largest absolute Gasteiger partial charge is 0.450 e. The van der Waals surface area contributed by atoms with Gasteiger partial charge >= 0.3 is 6.18 Å². The molecule has 0 radical (unpaired) electrons. The highest BCUT2D eigenvalue weighted by Gasteiger charge is 2.39. The van der Waals surface area contributed by atoms with Crippen molar-refractivity contribution in [1.29, 1.82) is 0 Å². The summed E-state index contributed by atoms with van der Waals surface area (Å²) in [4.78, 5) is 22.5. The molecule has 7 heteroatoms. The van der Waals surface area contributed by atoms with E-state index in [0.29, 0.717) is 18.8 Å². The molecule has 1 aliphatic rings. The summed E-state index contributed by atoms with van der Waals surface area (Å²) in [7, 11) is 0. The Balaban J connectivity index is 2.00. The second-order valence-electron chi connectivity index (χ2n) is 6.26. The van der Waals surface area contributed by atoms with Crippen LogP contribution in [0.3, 0.4) is 0 Å². The SMILES string of the molecule is CC1(C)COC(c2ccc(C(=O)CC(=O)C(F)(F)F)cc2)OC1. The molecule has 1 aromatic carbocycles.